The third-order valence-electron chi connectivity index (χ3n) is 3.92. The Bertz CT molecular complexity index is 979. The topological polar surface area (TPSA) is 63.8 Å². The number of nitrogens with zero attached hydrogens (tertiary/aromatic N) is 2. The number of hydrogen-bond acceptors (Lipinski definition) is 4. The number of nitrogen functional groups attached to an aromatic ring is 1. The molecule has 0 aliphatic carbocycles. The minimum atomic E-state index is 0.759. The Balaban J connectivity index is 1.80. The molecule has 3 aromatic carbocycles. The number of nitrogens with one attached hydrogen (secondary N) is 1. The van der Waals surface area contributed by atoms with Crippen LogP contribution in [0.3, 0.4) is 0 Å². The van der Waals surface area contributed by atoms with Crippen LogP contribution in [0.2, 0.25) is 0 Å². The van der Waals surface area contributed by atoms with Crippen molar-refractivity contribution in [1.29, 1.82) is 0 Å². The number of fused-ring (bicyclic) bond motifs is 1. The summed E-state index contributed by atoms with van der Waals surface area (Å²) in [6, 6.07) is 24.0. The van der Waals surface area contributed by atoms with Crippen LogP contribution >= 0.6 is 0 Å². The van der Waals surface area contributed by atoms with Gasteiger partial charge in [-0.25, -0.2) is 9.97 Å². The van der Waals surface area contributed by atoms with E-state index in [0.29, 0.717) is 0 Å². The molecule has 0 saturated heterocycles. The first kappa shape index (κ1) is 14.2. The molecule has 4 aromatic rings. The van der Waals surface area contributed by atoms with Crippen molar-refractivity contribution in [3.8, 4) is 11.1 Å². The maximum Gasteiger partial charge on any atom is 0.141 e. The van der Waals surface area contributed by atoms with E-state index in [1.54, 1.807) is 6.33 Å². The molecule has 0 atom stereocenters. The maximum atomic E-state index is 5.78. The zero-order valence-corrected chi connectivity index (χ0v) is 13.0. The molecule has 3 N–H and O–H groups in total. The zero-order valence-electron chi connectivity index (χ0n) is 13.0. The van der Waals surface area contributed by atoms with Gasteiger partial charge in [-0.05, 0) is 47.5 Å². The molecule has 116 valence electrons. The van der Waals surface area contributed by atoms with Gasteiger partial charge in [-0.2, -0.15) is 0 Å². The van der Waals surface area contributed by atoms with Crippen LogP contribution < -0.4 is 11.1 Å². The first-order valence-corrected chi connectivity index (χ1v) is 7.72. The van der Waals surface area contributed by atoms with Crippen molar-refractivity contribution in [3.05, 3.63) is 79.1 Å². The molecule has 0 fully saturated rings. The molecular formula is C20H16N4. The molecule has 1 aromatic heterocycles. The number of rotatable bonds is 3. The van der Waals surface area contributed by atoms with Crippen LogP contribution in [0.25, 0.3) is 22.0 Å². The molecule has 24 heavy (non-hydrogen) atoms. The highest BCUT2D eigenvalue weighted by Gasteiger charge is 2.06. The van der Waals surface area contributed by atoms with Crippen LogP contribution in [0.15, 0.2) is 79.1 Å². The minimum absolute atomic E-state index is 0.759. The Kier molecular flexibility index (Phi) is 3.56. The van der Waals surface area contributed by atoms with E-state index >= 15 is 0 Å². The molecule has 0 aliphatic rings. The average Bonchev–Trinajstić information content (AvgIpc) is 2.63. The maximum absolute atomic E-state index is 5.78. The Labute approximate surface area is 140 Å². The highest BCUT2D eigenvalue weighted by molar-refractivity contribution is 5.93. The molecule has 0 unspecified atom stereocenters. The van der Waals surface area contributed by atoms with Crippen molar-refractivity contribution >= 4 is 28.1 Å². The molecule has 0 spiro atoms. The van der Waals surface area contributed by atoms with Gasteiger partial charge in [-0.15, -0.1) is 0 Å². The third kappa shape index (κ3) is 2.77. The van der Waals surface area contributed by atoms with Gasteiger partial charge in [0.15, 0.2) is 0 Å². The van der Waals surface area contributed by atoms with Crippen LogP contribution in [-0.2, 0) is 0 Å². The molecular weight excluding hydrogens is 296 g/mol. The lowest BCUT2D eigenvalue weighted by Crippen LogP contribution is -1.96. The van der Waals surface area contributed by atoms with Crippen LogP contribution in [-0.4, -0.2) is 9.97 Å². The fourth-order valence-electron chi connectivity index (χ4n) is 2.67. The lowest BCUT2D eigenvalue weighted by Gasteiger charge is -2.10. The smallest absolute Gasteiger partial charge is 0.141 e. The van der Waals surface area contributed by atoms with Gasteiger partial charge >= 0.3 is 0 Å². The van der Waals surface area contributed by atoms with Crippen LogP contribution in [0.1, 0.15) is 0 Å². The van der Waals surface area contributed by atoms with Crippen molar-refractivity contribution in [2.75, 3.05) is 11.1 Å². The van der Waals surface area contributed by atoms with E-state index in [2.05, 4.69) is 27.4 Å². The van der Waals surface area contributed by atoms with Gasteiger partial charge in [0.2, 0.25) is 0 Å². The molecule has 0 saturated carbocycles. The van der Waals surface area contributed by atoms with Gasteiger partial charge < -0.3 is 11.1 Å². The van der Waals surface area contributed by atoms with E-state index in [1.165, 1.54) is 0 Å². The Morgan fingerprint density at radius 1 is 0.750 bits per heavy atom. The van der Waals surface area contributed by atoms with Crippen LogP contribution in [0.5, 0.6) is 0 Å². The highest BCUT2D eigenvalue weighted by atomic mass is 15.0. The lowest BCUT2D eigenvalue weighted by atomic mass is 10.0. The Morgan fingerprint density at radius 3 is 2.29 bits per heavy atom. The number of nitrogens with two attached hydrogens (primary N) is 1. The van der Waals surface area contributed by atoms with Crippen LogP contribution in [0.4, 0.5) is 17.2 Å². The summed E-state index contributed by atoms with van der Waals surface area (Å²) in [7, 11) is 0. The summed E-state index contributed by atoms with van der Waals surface area (Å²) in [5.41, 5.74) is 10.7. The second-order valence-corrected chi connectivity index (χ2v) is 5.57. The molecule has 0 radical (unpaired) electrons. The molecule has 4 heteroatoms. The summed E-state index contributed by atoms with van der Waals surface area (Å²) >= 11 is 0. The predicted octanol–water partition coefficient (Wildman–Crippen LogP) is 4.62. The number of benzene rings is 3. The van der Waals surface area contributed by atoms with E-state index in [1.807, 2.05) is 60.7 Å². The number of hydrogen-bond donors (Lipinski definition) is 2. The van der Waals surface area contributed by atoms with E-state index in [-0.39, 0.29) is 0 Å². The van der Waals surface area contributed by atoms with Crippen molar-refractivity contribution in [2.24, 2.45) is 0 Å². The Hall–Kier alpha value is -3.40. The van der Waals surface area contributed by atoms with Gasteiger partial charge in [0.25, 0.3) is 0 Å². The summed E-state index contributed by atoms with van der Waals surface area (Å²) in [5, 5.41) is 4.35. The number of para-hydroxylation sites is 1. The van der Waals surface area contributed by atoms with E-state index in [4.69, 9.17) is 5.73 Å². The fourth-order valence-corrected chi connectivity index (χ4v) is 2.67. The van der Waals surface area contributed by atoms with Gasteiger partial charge in [-0.1, -0.05) is 36.4 Å². The minimum Gasteiger partial charge on any atom is -0.399 e. The zero-order chi connectivity index (χ0) is 16.4. The predicted molar refractivity (Wildman–Crippen MR) is 99.1 cm³/mol. The third-order valence-corrected chi connectivity index (χ3v) is 3.92. The average molecular weight is 312 g/mol. The van der Waals surface area contributed by atoms with Gasteiger partial charge in [-0.3, -0.25) is 0 Å². The van der Waals surface area contributed by atoms with Gasteiger partial charge in [0, 0.05) is 16.8 Å². The normalized spacial score (nSPS) is 10.7. The van der Waals surface area contributed by atoms with Crippen molar-refractivity contribution in [1.82, 2.24) is 9.97 Å². The van der Waals surface area contributed by atoms with Gasteiger partial charge in [0.05, 0.1) is 5.52 Å². The van der Waals surface area contributed by atoms with Crippen LogP contribution in [0, 0.1) is 0 Å². The summed E-state index contributed by atoms with van der Waals surface area (Å²) in [4.78, 5) is 8.77. The molecule has 4 nitrogen and oxygen atoms in total. The standard InChI is InChI=1S/C20H16N4/c21-16-9-6-14(7-10-16)15-8-11-19-18(12-15)20(23-13-22-19)24-17-4-2-1-3-5-17/h1-13H,21H2,(H,22,23,24). The van der Waals surface area contributed by atoms with Crippen molar-refractivity contribution in [3.63, 3.8) is 0 Å². The van der Waals surface area contributed by atoms with Crippen molar-refractivity contribution in [2.45, 2.75) is 0 Å². The SMILES string of the molecule is Nc1ccc(-c2ccc3ncnc(Nc4ccccc4)c3c2)cc1. The first-order chi connectivity index (χ1) is 11.8. The summed E-state index contributed by atoms with van der Waals surface area (Å²) in [5.74, 6) is 0.795. The lowest BCUT2D eigenvalue weighted by molar-refractivity contribution is 1.22. The van der Waals surface area contributed by atoms with E-state index in [9.17, 15) is 0 Å². The Morgan fingerprint density at radius 2 is 1.50 bits per heavy atom. The fraction of sp³-hybridized carbons (Fsp3) is 0. The number of aromatic nitrogens is 2. The van der Waals surface area contributed by atoms with E-state index < -0.39 is 0 Å². The summed E-state index contributed by atoms with van der Waals surface area (Å²) in [6.45, 7) is 0. The molecule has 1 heterocycles. The largest absolute Gasteiger partial charge is 0.399 e. The molecule has 0 aliphatic heterocycles. The second kappa shape index (κ2) is 6.01. The quantitative estimate of drug-likeness (QED) is 0.542. The molecule has 0 bridgehead atoms. The monoisotopic (exact) mass is 312 g/mol. The summed E-state index contributed by atoms with van der Waals surface area (Å²) < 4.78 is 0. The second-order valence-electron chi connectivity index (χ2n) is 5.57. The highest BCUT2D eigenvalue weighted by Crippen LogP contribution is 2.28. The van der Waals surface area contributed by atoms with Crippen molar-refractivity contribution < 1.29 is 0 Å². The first-order valence-electron chi connectivity index (χ1n) is 7.72. The number of anilines is 3. The molecule has 0 amide bonds. The molecule has 4 rings (SSSR count). The van der Waals surface area contributed by atoms with E-state index in [0.717, 1.165) is 39.2 Å². The van der Waals surface area contributed by atoms with Gasteiger partial charge in [0.1, 0.15) is 12.1 Å². The summed E-state index contributed by atoms with van der Waals surface area (Å²) in [6.07, 6.45) is 1.58.